The van der Waals surface area contributed by atoms with E-state index in [1.54, 1.807) is 0 Å². The third-order valence-electron chi connectivity index (χ3n) is 4.00. The lowest BCUT2D eigenvalue weighted by atomic mass is 9.89. The monoisotopic (exact) mass is 260 g/mol. The van der Waals surface area contributed by atoms with Gasteiger partial charge in [0.25, 0.3) is 0 Å². The van der Waals surface area contributed by atoms with E-state index in [9.17, 15) is 4.79 Å². The van der Waals surface area contributed by atoms with E-state index in [4.69, 9.17) is 5.73 Å². The topological polar surface area (TPSA) is 55.1 Å². The van der Waals surface area contributed by atoms with E-state index in [0.717, 1.165) is 23.7 Å². The summed E-state index contributed by atoms with van der Waals surface area (Å²) in [6.07, 6.45) is 6.78. The van der Waals surface area contributed by atoms with Crippen LogP contribution in [-0.4, -0.2) is 12.3 Å². The average molecular weight is 260 g/mol. The average Bonchev–Trinajstić information content (AvgIpc) is 2.45. The van der Waals surface area contributed by atoms with Gasteiger partial charge in [0.05, 0.1) is 6.04 Å². The number of rotatable bonds is 5. The number of carbonyl (C=O) groups excluding carboxylic acids is 1. The van der Waals surface area contributed by atoms with Crippen LogP contribution in [0.1, 0.15) is 50.6 Å². The molecule has 3 N–H and O–H groups in total. The van der Waals surface area contributed by atoms with E-state index in [1.165, 1.54) is 39.0 Å². The Bertz CT molecular complexity index is 425. The first kappa shape index (κ1) is 14.1. The number of ketones is 1. The van der Waals surface area contributed by atoms with Crippen molar-refractivity contribution in [2.24, 2.45) is 11.7 Å². The van der Waals surface area contributed by atoms with Crippen molar-refractivity contribution in [1.29, 1.82) is 0 Å². The highest BCUT2D eigenvalue weighted by Gasteiger charge is 2.14. The molecule has 0 amide bonds. The first-order chi connectivity index (χ1) is 9.16. The van der Waals surface area contributed by atoms with Gasteiger partial charge >= 0.3 is 0 Å². The molecule has 1 aromatic carbocycles. The quantitative estimate of drug-likeness (QED) is 0.854. The largest absolute Gasteiger partial charge is 0.385 e. The minimum atomic E-state index is -0.503. The number of hydrogen-bond donors (Lipinski definition) is 2. The van der Waals surface area contributed by atoms with E-state index in [-0.39, 0.29) is 5.78 Å². The second-order valence-corrected chi connectivity index (χ2v) is 5.60. The van der Waals surface area contributed by atoms with E-state index >= 15 is 0 Å². The lowest BCUT2D eigenvalue weighted by Gasteiger charge is -2.22. The fourth-order valence-corrected chi connectivity index (χ4v) is 2.73. The van der Waals surface area contributed by atoms with Gasteiger partial charge < -0.3 is 11.1 Å². The van der Waals surface area contributed by atoms with Gasteiger partial charge in [-0.3, -0.25) is 4.79 Å². The Labute approximate surface area is 115 Å². The normalized spacial score (nSPS) is 18.0. The fraction of sp³-hybridized carbons (Fsp3) is 0.562. The van der Waals surface area contributed by atoms with Crippen molar-refractivity contribution in [3.63, 3.8) is 0 Å². The zero-order chi connectivity index (χ0) is 13.7. The molecule has 1 fully saturated rings. The van der Waals surface area contributed by atoms with Crippen molar-refractivity contribution >= 4 is 11.5 Å². The van der Waals surface area contributed by atoms with E-state index in [2.05, 4.69) is 5.32 Å². The maximum atomic E-state index is 11.3. The molecule has 0 heterocycles. The van der Waals surface area contributed by atoms with Crippen LogP contribution in [0.2, 0.25) is 0 Å². The van der Waals surface area contributed by atoms with Crippen LogP contribution in [0.15, 0.2) is 24.3 Å². The first-order valence-corrected chi connectivity index (χ1v) is 7.26. The summed E-state index contributed by atoms with van der Waals surface area (Å²) < 4.78 is 0. The summed E-state index contributed by atoms with van der Waals surface area (Å²) in [6.45, 7) is 2.56. The number of Topliss-reactive ketones (excluding diaryl/α,β-unsaturated/α-hetero) is 1. The molecule has 1 aliphatic carbocycles. The molecule has 0 bridgehead atoms. The van der Waals surface area contributed by atoms with Crippen molar-refractivity contribution in [2.45, 2.75) is 45.1 Å². The SMILES string of the molecule is CC(=O)C(N)c1cccc(NCC2CCCCC2)c1. The predicted octanol–water partition coefficient (Wildman–Crippen LogP) is 3.27. The smallest absolute Gasteiger partial charge is 0.150 e. The molecule has 19 heavy (non-hydrogen) atoms. The van der Waals surface area contributed by atoms with Gasteiger partial charge in [-0.1, -0.05) is 31.4 Å². The molecular formula is C16H24N2O. The van der Waals surface area contributed by atoms with Crippen LogP contribution in [0.3, 0.4) is 0 Å². The molecule has 0 saturated heterocycles. The number of benzene rings is 1. The van der Waals surface area contributed by atoms with Crippen molar-refractivity contribution in [2.75, 3.05) is 11.9 Å². The summed E-state index contributed by atoms with van der Waals surface area (Å²) in [7, 11) is 0. The maximum Gasteiger partial charge on any atom is 0.150 e. The number of carbonyl (C=O) groups is 1. The molecule has 1 atom stereocenters. The number of nitrogens with one attached hydrogen (secondary N) is 1. The molecule has 1 aromatic rings. The fourth-order valence-electron chi connectivity index (χ4n) is 2.73. The van der Waals surface area contributed by atoms with Crippen LogP contribution in [0.25, 0.3) is 0 Å². The van der Waals surface area contributed by atoms with E-state index in [1.807, 2.05) is 24.3 Å². The molecule has 1 aliphatic rings. The molecule has 0 spiro atoms. The van der Waals surface area contributed by atoms with Crippen LogP contribution in [0.5, 0.6) is 0 Å². The maximum absolute atomic E-state index is 11.3. The second-order valence-electron chi connectivity index (χ2n) is 5.60. The predicted molar refractivity (Wildman–Crippen MR) is 79.1 cm³/mol. The van der Waals surface area contributed by atoms with Gasteiger partial charge in [-0.05, 0) is 43.4 Å². The second kappa shape index (κ2) is 6.71. The molecular weight excluding hydrogens is 236 g/mol. The highest BCUT2D eigenvalue weighted by Crippen LogP contribution is 2.24. The van der Waals surface area contributed by atoms with Gasteiger partial charge in [-0.15, -0.1) is 0 Å². The summed E-state index contributed by atoms with van der Waals surface area (Å²) in [5, 5.41) is 3.48. The van der Waals surface area contributed by atoms with Crippen LogP contribution in [0.4, 0.5) is 5.69 Å². The Morgan fingerprint density at radius 3 is 2.79 bits per heavy atom. The lowest BCUT2D eigenvalue weighted by molar-refractivity contribution is -0.118. The van der Waals surface area contributed by atoms with Crippen molar-refractivity contribution in [3.8, 4) is 0 Å². The Morgan fingerprint density at radius 2 is 2.11 bits per heavy atom. The molecule has 3 heteroatoms. The van der Waals surface area contributed by atoms with Crippen LogP contribution in [-0.2, 0) is 4.79 Å². The molecule has 0 radical (unpaired) electrons. The van der Waals surface area contributed by atoms with E-state index in [0.29, 0.717) is 0 Å². The van der Waals surface area contributed by atoms with Crippen LogP contribution in [0, 0.1) is 5.92 Å². The molecule has 1 saturated carbocycles. The summed E-state index contributed by atoms with van der Waals surface area (Å²) in [6, 6.07) is 7.41. The minimum Gasteiger partial charge on any atom is -0.385 e. The van der Waals surface area contributed by atoms with Crippen LogP contribution < -0.4 is 11.1 Å². The molecule has 0 aliphatic heterocycles. The first-order valence-electron chi connectivity index (χ1n) is 7.26. The van der Waals surface area contributed by atoms with Gasteiger partial charge in [0.2, 0.25) is 0 Å². The van der Waals surface area contributed by atoms with Gasteiger partial charge in [0.1, 0.15) is 0 Å². The number of hydrogen-bond acceptors (Lipinski definition) is 3. The van der Waals surface area contributed by atoms with Gasteiger partial charge in [0.15, 0.2) is 5.78 Å². The highest BCUT2D eigenvalue weighted by atomic mass is 16.1. The summed E-state index contributed by atoms with van der Waals surface area (Å²) in [5.41, 5.74) is 7.83. The van der Waals surface area contributed by atoms with Gasteiger partial charge in [-0.2, -0.15) is 0 Å². The Balaban J connectivity index is 1.93. The zero-order valence-electron chi connectivity index (χ0n) is 11.7. The molecule has 1 unspecified atom stereocenters. The number of anilines is 1. The molecule has 0 aromatic heterocycles. The Morgan fingerprint density at radius 1 is 1.37 bits per heavy atom. The van der Waals surface area contributed by atoms with Gasteiger partial charge in [-0.25, -0.2) is 0 Å². The molecule has 2 rings (SSSR count). The number of nitrogens with two attached hydrogens (primary N) is 1. The van der Waals surface area contributed by atoms with Gasteiger partial charge in [0, 0.05) is 12.2 Å². The standard InChI is InChI=1S/C16H24N2O/c1-12(19)16(17)14-8-5-9-15(10-14)18-11-13-6-3-2-4-7-13/h5,8-10,13,16,18H,2-4,6-7,11,17H2,1H3. The van der Waals surface area contributed by atoms with Crippen LogP contribution >= 0.6 is 0 Å². The lowest BCUT2D eigenvalue weighted by Crippen LogP contribution is -2.19. The molecule has 104 valence electrons. The van der Waals surface area contributed by atoms with Crippen molar-refractivity contribution in [3.05, 3.63) is 29.8 Å². The summed E-state index contributed by atoms with van der Waals surface area (Å²) in [5.74, 6) is 0.795. The highest BCUT2D eigenvalue weighted by molar-refractivity contribution is 5.82. The Kier molecular flexibility index (Phi) is 4.97. The third kappa shape index (κ3) is 4.06. The summed E-state index contributed by atoms with van der Waals surface area (Å²) in [4.78, 5) is 11.3. The molecule has 3 nitrogen and oxygen atoms in total. The third-order valence-corrected chi connectivity index (χ3v) is 4.00. The van der Waals surface area contributed by atoms with E-state index < -0.39 is 6.04 Å². The van der Waals surface area contributed by atoms with Crippen molar-refractivity contribution < 1.29 is 4.79 Å². The zero-order valence-corrected chi connectivity index (χ0v) is 11.7. The minimum absolute atomic E-state index is 0.00410. The Hall–Kier alpha value is -1.35. The van der Waals surface area contributed by atoms with Crippen molar-refractivity contribution in [1.82, 2.24) is 0 Å². The summed E-state index contributed by atoms with van der Waals surface area (Å²) >= 11 is 0.